The number of carbonyl (C=O) groups excluding carboxylic acids is 1. The van der Waals surface area contributed by atoms with Gasteiger partial charge in [-0.05, 0) is 43.4 Å². The monoisotopic (exact) mass is 370 g/mol. The molecular formula is C18H21F3N2O3. The molecule has 5 nitrogen and oxygen atoms in total. The molecule has 1 aliphatic carbocycles. The zero-order valence-corrected chi connectivity index (χ0v) is 14.2. The highest BCUT2D eigenvalue weighted by Gasteiger charge is 2.42. The van der Waals surface area contributed by atoms with Crippen LogP contribution in [0.3, 0.4) is 0 Å². The van der Waals surface area contributed by atoms with E-state index in [2.05, 4.69) is 15.0 Å². The fourth-order valence-corrected chi connectivity index (χ4v) is 3.86. The van der Waals surface area contributed by atoms with Gasteiger partial charge in [-0.1, -0.05) is 6.07 Å². The number of alkyl halides is 3. The Morgan fingerprint density at radius 2 is 2.08 bits per heavy atom. The maximum Gasteiger partial charge on any atom is 0.573 e. The largest absolute Gasteiger partial charge is 0.573 e. The first-order valence-electron chi connectivity index (χ1n) is 8.90. The van der Waals surface area contributed by atoms with Crippen LogP contribution >= 0.6 is 0 Å². The van der Waals surface area contributed by atoms with Gasteiger partial charge in [-0.25, -0.2) is 0 Å². The van der Waals surface area contributed by atoms with Gasteiger partial charge in [0.2, 0.25) is 0 Å². The van der Waals surface area contributed by atoms with Crippen LogP contribution in [0.2, 0.25) is 0 Å². The predicted molar refractivity (Wildman–Crippen MR) is 86.8 cm³/mol. The highest BCUT2D eigenvalue weighted by Crippen LogP contribution is 2.38. The topological polar surface area (TPSA) is 50.8 Å². The zero-order chi connectivity index (χ0) is 18.3. The Balaban J connectivity index is 1.34. The number of fused-ring (bicyclic) bond motifs is 1. The van der Waals surface area contributed by atoms with Crippen molar-refractivity contribution < 1.29 is 27.4 Å². The first-order valence-corrected chi connectivity index (χ1v) is 8.90. The van der Waals surface area contributed by atoms with Crippen LogP contribution in [0.4, 0.5) is 13.2 Å². The average Bonchev–Trinajstić information content (AvgIpc) is 3.33. The molecule has 2 heterocycles. The van der Waals surface area contributed by atoms with Crippen molar-refractivity contribution in [2.24, 2.45) is 5.92 Å². The van der Waals surface area contributed by atoms with Crippen LogP contribution in [-0.4, -0.2) is 55.1 Å². The van der Waals surface area contributed by atoms with Gasteiger partial charge in [0.25, 0.3) is 5.91 Å². The summed E-state index contributed by atoms with van der Waals surface area (Å²) in [4.78, 5) is 14.8. The molecule has 142 valence electrons. The third-order valence-electron chi connectivity index (χ3n) is 5.26. The van der Waals surface area contributed by atoms with Crippen molar-refractivity contribution >= 4 is 5.91 Å². The van der Waals surface area contributed by atoms with Crippen molar-refractivity contribution in [1.29, 1.82) is 0 Å². The molecule has 26 heavy (non-hydrogen) atoms. The van der Waals surface area contributed by atoms with Crippen LogP contribution in [0.25, 0.3) is 0 Å². The highest BCUT2D eigenvalue weighted by molar-refractivity contribution is 5.94. The molecule has 1 amide bonds. The lowest BCUT2D eigenvalue weighted by Crippen LogP contribution is -2.47. The first kappa shape index (κ1) is 17.6. The summed E-state index contributed by atoms with van der Waals surface area (Å²) >= 11 is 0. The molecule has 0 bridgehead atoms. The smallest absolute Gasteiger partial charge is 0.406 e. The number of nitrogens with one attached hydrogen (secondary N) is 1. The van der Waals surface area contributed by atoms with Gasteiger partial charge in [0.15, 0.2) is 0 Å². The van der Waals surface area contributed by atoms with Crippen LogP contribution in [0.5, 0.6) is 5.75 Å². The molecule has 2 aliphatic heterocycles. The Bertz CT molecular complexity index is 678. The molecule has 4 rings (SSSR count). The number of halogens is 3. The summed E-state index contributed by atoms with van der Waals surface area (Å²) in [5.74, 6) is -0.0993. The van der Waals surface area contributed by atoms with Gasteiger partial charge in [-0.2, -0.15) is 0 Å². The van der Waals surface area contributed by atoms with E-state index in [0.717, 1.165) is 25.6 Å². The third kappa shape index (κ3) is 4.12. The Kier molecular flexibility index (Phi) is 4.56. The second kappa shape index (κ2) is 6.74. The Morgan fingerprint density at radius 1 is 1.27 bits per heavy atom. The Labute approximate surface area is 149 Å². The molecule has 1 aromatic carbocycles. The van der Waals surface area contributed by atoms with Crippen LogP contribution in [0.1, 0.15) is 29.6 Å². The van der Waals surface area contributed by atoms with E-state index in [9.17, 15) is 18.0 Å². The Hall–Kier alpha value is -1.80. The number of hydrogen-bond acceptors (Lipinski definition) is 4. The standard InChI is InChI=1S/C18H21F3N2O3/c19-18(20,21)26-15-3-1-2-12(6-15)17(24)22-13-7-14-10-25-16(11-4-5-11)9-23(14)8-13/h1-3,6,11,13-14,16H,4-5,7-10H2,(H,22,24)/t13-,14-,16+/m0/s1. The molecule has 3 aliphatic rings. The van der Waals surface area contributed by atoms with E-state index in [-0.39, 0.29) is 17.5 Å². The van der Waals surface area contributed by atoms with Crippen molar-refractivity contribution in [1.82, 2.24) is 10.2 Å². The number of carbonyl (C=O) groups is 1. The lowest BCUT2D eigenvalue weighted by Gasteiger charge is -2.35. The molecule has 3 atom stereocenters. The summed E-state index contributed by atoms with van der Waals surface area (Å²) in [5.41, 5.74) is 0.156. The molecule has 0 unspecified atom stereocenters. The predicted octanol–water partition coefficient (Wildman–Crippen LogP) is 2.57. The molecule has 2 saturated heterocycles. The molecule has 1 aromatic rings. The third-order valence-corrected chi connectivity index (χ3v) is 5.26. The van der Waals surface area contributed by atoms with Crippen LogP contribution < -0.4 is 10.1 Å². The maximum atomic E-state index is 12.4. The first-order chi connectivity index (χ1) is 12.4. The number of nitrogens with zero attached hydrogens (tertiary/aromatic N) is 1. The highest BCUT2D eigenvalue weighted by atomic mass is 19.4. The van der Waals surface area contributed by atoms with E-state index in [1.807, 2.05) is 0 Å². The number of amides is 1. The summed E-state index contributed by atoms with van der Waals surface area (Å²) in [5, 5.41) is 2.93. The number of benzene rings is 1. The molecule has 0 radical (unpaired) electrons. The lowest BCUT2D eigenvalue weighted by molar-refractivity contribution is -0.274. The average molecular weight is 370 g/mol. The summed E-state index contributed by atoms with van der Waals surface area (Å²) in [6.07, 6.45) is -1.21. The van der Waals surface area contributed by atoms with Gasteiger partial charge in [0, 0.05) is 30.7 Å². The minimum Gasteiger partial charge on any atom is -0.406 e. The van der Waals surface area contributed by atoms with E-state index >= 15 is 0 Å². The van der Waals surface area contributed by atoms with Crippen molar-refractivity contribution in [3.05, 3.63) is 29.8 Å². The molecule has 8 heteroatoms. The number of rotatable bonds is 4. The van der Waals surface area contributed by atoms with E-state index in [0.29, 0.717) is 24.7 Å². The second-order valence-electron chi connectivity index (χ2n) is 7.30. The summed E-state index contributed by atoms with van der Waals surface area (Å²) in [6.45, 7) is 2.33. The number of hydrogen-bond donors (Lipinski definition) is 1. The number of morpholine rings is 1. The normalized spacial score (nSPS) is 29.3. The molecule has 0 aromatic heterocycles. The van der Waals surface area contributed by atoms with Gasteiger partial charge in [-0.15, -0.1) is 13.2 Å². The number of ether oxygens (including phenoxy) is 2. The molecular weight excluding hydrogens is 349 g/mol. The second-order valence-corrected chi connectivity index (χ2v) is 7.30. The van der Waals surface area contributed by atoms with E-state index in [1.165, 1.54) is 31.0 Å². The quantitative estimate of drug-likeness (QED) is 0.885. The van der Waals surface area contributed by atoms with Crippen LogP contribution in [0.15, 0.2) is 24.3 Å². The Morgan fingerprint density at radius 3 is 2.81 bits per heavy atom. The minimum absolute atomic E-state index is 0.0266. The van der Waals surface area contributed by atoms with Crippen molar-refractivity contribution in [2.75, 3.05) is 19.7 Å². The fraction of sp³-hybridized carbons (Fsp3) is 0.611. The van der Waals surface area contributed by atoms with Crippen molar-refractivity contribution in [3.63, 3.8) is 0 Å². The SMILES string of the molecule is O=C(N[C@H]1C[C@H]2CO[C@@H](C3CC3)CN2C1)c1cccc(OC(F)(F)F)c1. The maximum absolute atomic E-state index is 12.4. The van der Waals surface area contributed by atoms with Gasteiger partial charge in [0.05, 0.1) is 12.7 Å². The molecule has 1 N–H and O–H groups in total. The summed E-state index contributed by atoms with van der Waals surface area (Å²) in [6, 6.07) is 5.42. The summed E-state index contributed by atoms with van der Waals surface area (Å²) in [7, 11) is 0. The molecule has 3 fully saturated rings. The summed E-state index contributed by atoms with van der Waals surface area (Å²) < 4.78 is 46.8. The fourth-order valence-electron chi connectivity index (χ4n) is 3.86. The van der Waals surface area contributed by atoms with Gasteiger partial charge in [-0.3, -0.25) is 9.69 Å². The van der Waals surface area contributed by atoms with Gasteiger partial charge >= 0.3 is 6.36 Å². The van der Waals surface area contributed by atoms with Gasteiger partial charge < -0.3 is 14.8 Å². The minimum atomic E-state index is -4.78. The van der Waals surface area contributed by atoms with Crippen molar-refractivity contribution in [2.45, 2.75) is 43.8 Å². The van der Waals surface area contributed by atoms with Crippen LogP contribution in [-0.2, 0) is 4.74 Å². The zero-order valence-electron chi connectivity index (χ0n) is 14.2. The molecule has 1 saturated carbocycles. The van der Waals surface area contributed by atoms with Gasteiger partial charge in [0.1, 0.15) is 5.75 Å². The van der Waals surface area contributed by atoms with Crippen LogP contribution in [0, 0.1) is 5.92 Å². The van der Waals surface area contributed by atoms with E-state index in [1.54, 1.807) is 0 Å². The lowest BCUT2D eigenvalue weighted by atomic mass is 10.1. The van der Waals surface area contributed by atoms with E-state index < -0.39 is 12.1 Å². The van der Waals surface area contributed by atoms with E-state index in [4.69, 9.17) is 4.74 Å². The van der Waals surface area contributed by atoms with Crippen molar-refractivity contribution in [3.8, 4) is 5.75 Å². The molecule has 0 spiro atoms.